The fourth-order valence-corrected chi connectivity index (χ4v) is 9.17. The molecule has 3 aliphatic rings. The van der Waals surface area contributed by atoms with E-state index in [1.165, 1.54) is 0 Å². The van der Waals surface area contributed by atoms with Gasteiger partial charge in [0.15, 0.2) is 0 Å². The molecule has 38 heavy (non-hydrogen) atoms. The van der Waals surface area contributed by atoms with E-state index in [0.717, 1.165) is 18.4 Å². The second kappa shape index (κ2) is 10.5. The van der Waals surface area contributed by atoms with Gasteiger partial charge in [-0.15, -0.1) is 11.8 Å². The van der Waals surface area contributed by atoms with Gasteiger partial charge in [0, 0.05) is 22.0 Å². The number of benzene rings is 2. The van der Waals surface area contributed by atoms with E-state index in [0.29, 0.717) is 30.1 Å². The second-order valence-corrected chi connectivity index (χ2v) is 13.1. The lowest BCUT2D eigenvalue weighted by atomic mass is 9.66. The van der Waals surface area contributed by atoms with Crippen molar-refractivity contribution in [2.75, 3.05) is 18.5 Å². The van der Waals surface area contributed by atoms with Crippen LogP contribution in [0.3, 0.4) is 0 Å². The molecule has 6 atom stereocenters. The highest BCUT2D eigenvalue weighted by molar-refractivity contribution is 8.02. The molecule has 202 valence electrons. The van der Waals surface area contributed by atoms with Gasteiger partial charge in [0.2, 0.25) is 17.7 Å². The number of nitrogens with zero attached hydrogens (tertiary/aromatic N) is 1. The summed E-state index contributed by atoms with van der Waals surface area (Å²) < 4.78 is -1.18. The van der Waals surface area contributed by atoms with E-state index < -0.39 is 33.4 Å². The summed E-state index contributed by atoms with van der Waals surface area (Å²) in [6, 6.07) is 15.1. The number of hydrogen-bond donors (Lipinski definition) is 3. The number of nitrogens with one attached hydrogen (secondary N) is 2. The molecule has 9 heteroatoms. The van der Waals surface area contributed by atoms with E-state index in [9.17, 15) is 19.5 Å². The lowest BCUT2D eigenvalue weighted by Gasteiger charge is -2.37. The van der Waals surface area contributed by atoms with Gasteiger partial charge in [0.05, 0.1) is 29.2 Å². The van der Waals surface area contributed by atoms with Gasteiger partial charge in [-0.1, -0.05) is 48.9 Å². The number of anilines is 1. The molecule has 3 aliphatic heterocycles. The molecule has 3 saturated heterocycles. The number of amides is 3. The topological polar surface area (TPSA) is 98.7 Å². The van der Waals surface area contributed by atoms with Crippen LogP contribution in [0.25, 0.3) is 0 Å². The zero-order chi connectivity index (χ0) is 27.1. The number of thioether (sulfide) groups is 1. The predicted molar refractivity (Wildman–Crippen MR) is 150 cm³/mol. The van der Waals surface area contributed by atoms with E-state index in [4.69, 9.17) is 11.6 Å². The van der Waals surface area contributed by atoms with Crippen molar-refractivity contribution in [1.29, 1.82) is 0 Å². The first kappa shape index (κ1) is 27.0. The minimum atomic E-state index is -0.827. The predicted octanol–water partition coefficient (Wildman–Crippen LogP) is 3.89. The maximum atomic E-state index is 14.3. The number of aliphatic hydroxyl groups is 1. The number of carbonyl (C=O) groups excluding carboxylic acids is 3. The maximum Gasteiger partial charge on any atom is 0.248 e. The number of carbonyl (C=O) groups is 3. The monoisotopic (exact) mass is 555 g/mol. The fourth-order valence-electron chi connectivity index (χ4n) is 6.70. The van der Waals surface area contributed by atoms with Crippen molar-refractivity contribution in [3.63, 3.8) is 0 Å². The lowest BCUT2D eigenvalue weighted by molar-refractivity contribution is -0.142. The number of rotatable bonds is 9. The Morgan fingerprint density at radius 2 is 1.84 bits per heavy atom. The Morgan fingerprint density at radius 3 is 2.50 bits per heavy atom. The van der Waals surface area contributed by atoms with Crippen molar-refractivity contribution < 1.29 is 19.5 Å². The Morgan fingerprint density at radius 1 is 1.13 bits per heavy atom. The van der Waals surface area contributed by atoms with Gasteiger partial charge in [-0.3, -0.25) is 14.4 Å². The van der Waals surface area contributed by atoms with E-state index in [2.05, 4.69) is 17.6 Å². The van der Waals surface area contributed by atoms with E-state index in [1.54, 1.807) is 40.9 Å². The van der Waals surface area contributed by atoms with Crippen LogP contribution < -0.4 is 10.6 Å². The molecule has 3 fully saturated rings. The van der Waals surface area contributed by atoms with Crippen LogP contribution in [-0.2, 0) is 20.8 Å². The fraction of sp³-hybridized carbons (Fsp3) is 0.483. The molecule has 2 aromatic rings. The van der Waals surface area contributed by atoms with Crippen LogP contribution in [0.1, 0.15) is 38.7 Å². The lowest BCUT2D eigenvalue weighted by Crippen LogP contribution is -2.55. The Balaban J connectivity index is 1.55. The molecule has 1 spiro atoms. The summed E-state index contributed by atoms with van der Waals surface area (Å²) in [7, 11) is 0. The highest BCUT2D eigenvalue weighted by Crippen LogP contribution is 2.71. The van der Waals surface area contributed by atoms with Gasteiger partial charge >= 0.3 is 0 Å². The van der Waals surface area contributed by atoms with Gasteiger partial charge in [-0.2, -0.15) is 0 Å². The standard InChI is InChI=1S/C29H34ClN3O4S/c1-3-15-31-25(35)22-23-27(37)33(21(17-34)16-18-7-5-4-6-8-18)24(29(23)14-13-28(22,2)38-29)26(36)32-20-11-9-19(30)10-12-20/h4-12,21-24,34H,3,13-17H2,1-2H3,(H,31,35)(H,32,36)/t21-,22-,23+,24?,28+,29?/m1/s1. The highest BCUT2D eigenvalue weighted by atomic mass is 35.5. The van der Waals surface area contributed by atoms with Crippen LogP contribution in [0.15, 0.2) is 54.6 Å². The number of likely N-dealkylation sites (tertiary alicyclic amines) is 1. The van der Waals surface area contributed by atoms with E-state index in [1.807, 2.05) is 37.3 Å². The third kappa shape index (κ3) is 4.50. The van der Waals surface area contributed by atoms with Crippen LogP contribution >= 0.6 is 23.4 Å². The highest BCUT2D eigenvalue weighted by Gasteiger charge is 2.77. The molecule has 3 heterocycles. The summed E-state index contributed by atoms with van der Waals surface area (Å²) in [5.74, 6) is -1.81. The summed E-state index contributed by atoms with van der Waals surface area (Å²) in [6.45, 7) is 4.30. The van der Waals surface area contributed by atoms with Crippen LogP contribution in [0.5, 0.6) is 0 Å². The van der Waals surface area contributed by atoms with Gasteiger partial charge in [0.1, 0.15) is 6.04 Å². The molecule has 0 saturated carbocycles. The van der Waals surface area contributed by atoms with Crippen molar-refractivity contribution in [1.82, 2.24) is 10.2 Å². The largest absolute Gasteiger partial charge is 0.394 e. The quantitative estimate of drug-likeness (QED) is 0.436. The molecule has 3 amide bonds. The average Bonchev–Trinajstić information content (AvgIpc) is 3.48. The molecule has 0 radical (unpaired) electrons. The van der Waals surface area contributed by atoms with Crippen molar-refractivity contribution in [2.45, 2.75) is 61.1 Å². The molecule has 7 nitrogen and oxygen atoms in total. The first-order valence-corrected chi connectivity index (χ1v) is 14.4. The van der Waals surface area contributed by atoms with Gasteiger partial charge in [-0.05, 0) is 62.4 Å². The molecular weight excluding hydrogens is 522 g/mol. The first-order chi connectivity index (χ1) is 18.2. The Kier molecular flexibility index (Phi) is 7.50. The van der Waals surface area contributed by atoms with Crippen molar-refractivity contribution in [3.05, 3.63) is 65.2 Å². The number of aliphatic hydroxyl groups excluding tert-OH is 1. The van der Waals surface area contributed by atoms with Crippen molar-refractivity contribution >= 4 is 46.8 Å². The minimum absolute atomic E-state index is 0.121. The Bertz CT molecular complexity index is 1210. The van der Waals surface area contributed by atoms with E-state index >= 15 is 0 Å². The smallest absolute Gasteiger partial charge is 0.248 e. The van der Waals surface area contributed by atoms with E-state index in [-0.39, 0.29) is 24.3 Å². The molecule has 5 rings (SSSR count). The summed E-state index contributed by atoms with van der Waals surface area (Å²) >= 11 is 7.67. The molecule has 0 aromatic heterocycles. The maximum absolute atomic E-state index is 14.3. The average molecular weight is 556 g/mol. The number of halogens is 1. The normalized spacial score (nSPS) is 30.3. The second-order valence-electron chi connectivity index (χ2n) is 10.8. The van der Waals surface area contributed by atoms with Crippen molar-refractivity contribution in [2.24, 2.45) is 11.8 Å². The van der Waals surface area contributed by atoms with Gasteiger partial charge in [-0.25, -0.2) is 0 Å². The third-order valence-electron chi connectivity index (χ3n) is 8.32. The number of hydrogen-bond acceptors (Lipinski definition) is 5. The Labute approximate surface area is 232 Å². The molecular formula is C29H34ClN3O4S. The summed E-state index contributed by atoms with van der Waals surface area (Å²) in [5.41, 5.74) is 1.54. The van der Waals surface area contributed by atoms with Crippen molar-refractivity contribution in [3.8, 4) is 0 Å². The summed E-state index contributed by atoms with van der Waals surface area (Å²) in [4.78, 5) is 43.5. The van der Waals surface area contributed by atoms with Gasteiger partial charge in [0.25, 0.3) is 0 Å². The molecule has 2 aromatic carbocycles. The first-order valence-electron chi connectivity index (χ1n) is 13.3. The Hall–Kier alpha value is -2.55. The molecule has 0 aliphatic carbocycles. The third-order valence-corrected chi connectivity index (χ3v) is 10.6. The molecule has 3 N–H and O–H groups in total. The van der Waals surface area contributed by atoms with Gasteiger partial charge < -0.3 is 20.6 Å². The molecule has 2 unspecified atom stereocenters. The minimum Gasteiger partial charge on any atom is -0.394 e. The molecule has 2 bridgehead atoms. The van der Waals surface area contributed by atoms with Crippen LogP contribution in [0.2, 0.25) is 5.02 Å². The van der Waals surface area contributed by atoms with Crippen LogP contribution in [0.4, 0.5) is 5.69 Å². The number of fused-ring (bicyclic) bond motifs is 1. The SMILES string of the molecule is CCCNC(=O)[C@H]1[C@H]2C(=O)N([C@@H](CO)Cc3ccccc3)C(C(=O)Nc3ccc(Cl)cc3)C23CC[C@]1(C)S3. The van der Waals surface area contributed by atoms with Crippen LogP contribution in [0, 0.1) is 11.8 Å². The summed E-state index contributed by atoms with van der Waals surface area (Å²) in [6.07, 6.45) is 2.60. The van der Waals surface area contributed by atoms with Crippen LogP contribution in [-0.4, -0.2) is 62.5 Å². The zero-order valence-electron chi connectivity index (χ0n) is 21.7. The summed E-state index contributed by atoms with van der Waals surface area (Å²) in [5, 5.41) is 17.1. The zero-order valence-corrected chi connectivity index (χ0v) is 23.2.